The second kappa shape index (κ2) is 7.30. The lowest BCUT2D eigenvalue weighted by Gasteiger charge is -2.31. The molecule has 8 nitrogen and oxygen atoms in total. The highest BCUT2D eigenvalue weighted by Gasteiger charge is 2.62. The molecular formula is C23H21N3O5. The van der Waals surface area contributed by atoms with Gasteiger partial charge in [0.15, 0.2) is 0 Å². The Bertz CT molecular complexity index is 1060. The smallest absolute Gasteiger partial charge is 0.272 e. The van der Waals surface area contributed by atoms with Crippen molar-refractivity contribution in [2.24, 2.45) is 23.7 Å². The van der Waals surface area contributed by atoms with E-state index in [1.165, 1.54) is 24.3 Å². The summed E-state index contributed by atoms with van der Waals surface area (Å²) in [5.41, 5.74) is 0.590. The van der Waals surface area contributed by atoms with E-state index in [2.05, 4.69) is 0 Å². The van der Waals surface area contributed by atoms with Crippen LogP contribution in [0.2, 0.25) is 0 Å². The fourth-order valence-corrected chi connectivity index (χ4v) is 5.52. The van der Waals surface area contributed by atoms with Gasteiger partial charge in [-0.05, 0) is 42.7 Å². The van der Waals surface area contributed by atoms with E-state index in [4.69, 9.17) is 0 Å². The summed E-state index contributed by atoms with van der Waals surface area (Å²) < 4.78 is 0. The summed E-state index contributed by atoms with van der Waals surface area (Å²) in [6.45, 7) is 0.0224. The maximum atomic E-state index is 13.5. The van der Waals surface area contributed by atoms with E-state index in [1.54, 1.807) is 0 Å². The van der Waals surface area contributed by atoms with Crippen LogP contribution in [0, 0.1) is 33.8 Å². The first kappa shape index (κ1) is 19.4. The van der Waals surface area contributed by atoms with Gasteiger partial charge >= 0.3 is 0 Å². The van der Waals surface area contributed by atoms with E-state index in [0.717, 1.165) is 34.8 Å². The highest BCUT2D eigenvalue weighted by molar-refractivity contribution is 6.08. The Hall–Kier alpha value is -3.55. The zero-order valence-electron chi connectivity index (χ0n) is 16.7. The average Bonchev–Trinajstić information content (AvgIpc) is 3.46. The van der Waals surface area contributed by atoms with Crippen LogP contribution in [0.15, 0.2) is 54.6 Å². The first-order chi connectivity index (χ1) is 15.0. The minimum Gasteiger partial charge on any atom is -0.272 e. The third kappa shape index (κ3) is 3.10. The van der Waals surface area contributed by atoms with Gasteiger partial charge in [-0.3, -0.25) is 24.5 Å². The number of benzene rings is 2. The normalized spacial score (nSPS) is 26.3. The molecule has 4 atom stereocenters. The summed E-state index contributed by atoms with van der Waals surface area (Å²) in [6.07, 6.45) is 2.78. The Morgan fingerprint density at radius 2 is 1.65 bits per heavy atom. The van der Waals surface area contributed by atoms with Crippen molar-refractivity contribution in [2.75, 3.05) is 0 Å². The second-order valence-electron chi connectivity index (χ2n) is 8.53. The number of nitro benzene ring substituents is 1. The number of hydrogen-bond donors (Lipinski definition) is 0. The Balaban J connectivity index is 1.53. The van der Waals surface area contributed by atoms with Crippen LogP contribution in [-0.2, 0) is 16.1 Å². The quantitative estimate of drug-likeness (QED) is 0.421. The summed E-state index contributed by atoms with van der Waals surface area (Å²) in [5, 5.41) is 13.4. The van der Waals surface area contributed by atoms with Gasteiger partial charge in [-0.15, -0.1) is 0 Å². The number of rotatable bonds is 5. The molecule has 2 saturated carbocycles. The molecule has 3 aliphatic rings. The number of non-ortho nitro benzene ring substituents is 1. The molecule has 0 spiro atoms. The molecule has 31 heavy (non-hydrogen) atoms. The van der Waals surface area contributed by atoms with E-state index in [-0.39, 0.29) is 53.3 Å². The first-order valence-corrected chi connectivity index (χ1v) is 10.4. The summed E-state index contributed by atoms with van der Waals surface area (Å²) in [6, 6.07) is 14.4. The van der Waals surface area contributed by atoms with Crippen molar-refractivity contribution < 1.29 is 19.3 Å². The van der Waals surface area contributed by atoms with Crippen LogP contribution in [0.3, 0.4) is 0 Å². The van der Waals surface area contributed by atoms with E-state index in [0.29, 0.717) is 0 Å². The van der Waals surface area contributed by atoms with Gasteiger partial charge in [0, 0.05) is 17.7 Å². The number of nitro groups is 1. The van der Waals surface area contributed by atoms with Crippen LogP contribution in [0.4, 0.5) is 5.69 Å². The number of amides is 3. The molecule has 2 aliphatic carbocycles. The maximum absolute atomic E-state index is 13.5. The molecular weight excluding hydrogens is 398 g/mol. The number of carbonyl (C=O) groups excluding carboxylic acids is 3. The predicted molar refractivity (Wildman–Crippen MR) is 109 cm³/mol. The summed E-state index contributed by atoms with van der Waals surface area (Å²) in [7, 11) is 0. The Morgan fingerprint density at radius 1 is 1.00 bits per heavy atom. The van der Waals surface area contributed by atoms with Crippen LogP contribution in [0.5, 0.6) is 0 Å². The van der Waals surface area contributed by atoms with Crippen LogP contribution >= 0.6 is 0 Å². The topological polar surface area (TPSA) is 101 Å². The third-order valence-corrected chi connectivity index (χ3v) is 6.86. The maximum Gasteiger partial charge on any atom is 0.273 e. The van der Waals surface area contributed by atoms with Crippen LogP contribution in [0.25, 0.3) is 0 Å². The molecule has 0 radical (unpaired) electrons. The van der Waals surface area contributed by atoms with Gasteiger partial charge in [0.05, 0.1) is 23.3 Å². The second-order valence-corrected chi connectivity index (χ2v) is 8.53. The van der Waals surface area contributed by atoms with Crippen molar-refractivity contribution in [1.29, 1.82) is 0 Å². The molecule has 2 aromatic rings. The Labute approximate surface area is 178 Å². The Kier molecular flexibility index (Phi) is 4.57. The lowest BCUT2D eigenvalue weighted by atomic mass is 9.81. The van der Waals surface area contributed by atoms with Gasteiger partial charge < -0.3 is 0 Å². The summed E-state index contributed by atoms with van der Waals surface area (Å²) in [5.74, 6) is -1.58. The molecule has 1 heterocycles. The Morgan fingerprint density at radius 3 is 2.26 bits per heavy atom. The summed E-state index contributed by atoms with van der Waals surface area (Å²) >= 11 is 0. The fraction of sp³-hybridized carbons (Fsp3) is 0.348. The van der Waals surface area contributed by atoms with E-state index >= 15 is 0 Å². The van der Waals surface area contributed by atoms with Gasteiger partial charge in [-0.2, -0.15) is 5.01 Å². The van der Waals surface area contributed by atoms with Gasteiger partial charge in [0.2, 0.25) is 0 Å². The first-order valence-electron chi connectivity index (χ1n) is 10.4. The standard InChI is InChI=1S/C23H21N3O5/c27-21(17-7-4-8-18(12-17)26(30)31)24(13-14-5-2-1-3-6-14)25-22(28)19-15-9-10-16(11-15)20(19)23(25)29/h1-8,12,15-16,19-20H,9-11,13H2. The number of fused-ring (bicyclic) bond motifs is 5. The highest BCUT2D eigenvalue weighted by Crippen LogP contribution is 2.56. The lowest BCUT2D eigenvalue weighted by molar-refractivity contribution is -0.384. The SMILES string of the molecule is O=C(c1cccc([N+](=O)[O-])c1)N(Cc1ccccc1)N1C(=O)C2C3CCC(C3)C2C1=O. The lowest BCUT2D eigenvalue weighted by Crippen LogP contribution is -2.50. The van der Waals surface area contributed by atoms with Gasteiger partial charge in [-0.1, -0.05) is 36.4 Å². The van der Waals surface area contributed by atoms with Gasteiger partial charge in [-0.25, -0.2) is 5.01 Å². The zero-order chi connectivity index (χ0) is 21.7. The van der Waals surface area contributed by atoms with Gasteiger partial charge in [0.25, 0.3) is 23.4 Å². The molecule has 3 fully saturated rings. The van der Waals surface area contributed by atoms with E-state index < -0.39 is 10.8 Å². The van der Waals surface area contributed by atoms with Crippen LogP contribution in [0.1, 0.15) is 35.2 Å². The summed E-state index contributed by atoms with van der Waals surface area (Å²) in [4.78, 5) is 50.7. The number of carbonyl (C=O) groups is 3. The number of hydrazine groups is 1. The molecule has 2 bridgehead atoms. The number of nitrogens with zero attached hydrogens (tertiary/aromatic N) is 3. The molecule has 158 valence electrons. The molecule has 0 aromatic heterocycles. The van der Waals surface area contributed by atoms with Crippen molar-refractivity contribution in [1.82, 2.24) is 10.0 Å². The minimum atomic E-state index is -0.610. The monoisotopic (exact) mass is 419 g/mol. The average molecular weight is 419 g/mol. The predicted octanol–water partition coefficient (Wildman–Crippen LogP) is 3.18. The molecule has 8 heteroatoms. The van der Waals surface area contributed by atoms with Crippen molar-refractivity contribution in [3.63, 3.8) is 0 Å². The van der Waals surface area contributed by atoms with Crippen molar-refractivity contribution in [3.05, 3.63) is 75.8 Å². The highest BCUT2D eigenvalue weighted by atomic mass is 16.6. The molecule has 2 aromatic carbocycles. The molecule has 1 saturated heterocycles. The van der Waals surface area contributed by atoms with Crippen molar-refractivity contribution >= 4 is 23.4 Å². The largest absolute Gasteiger partial charge is 0.273 e. The minimum absolute atomic E-state index is 0.0224. The van der Waals surface area contributed by atoms with Gasteiger partial charge in [0.1, 0.15) is 0 Å². The molecule has 1 aliphatic heterocycles. The zero-order valence-corrected chi connectivity index (χ0v) is 16.7. The molecule has 5 rings (SSSR count). The third-order valence-electron chi connectivity index (χ3n) is 6.86. The van der Waals surface area contributed by atoms with Crippen molar-refractivity contribution in [2.45, 2.75) is 25.8 Å². The van der Waals surface area contributed by atoms with Crippen LogP contribution < -0.4 is 0 Å². The van der Waals surface area contributed by atoms with Crippen LogP contribution in [-0.4, -0.2) is 32.7 Å². The molecule has 4 unspecified atom stereocenters. The number of imide groups is 1. The molecule has 0 N–H and O–H groups in total. The van der Waals surface area contributed by atoms with E-state index in [1.807, 2.05) is 30.3 Å². The number of hydrogen-bond acceptors (Lipinski definition) is 5. The van der Waals surface area contributed by atoms with E-state index in [9.17, 15) is 24.5 Å². The van der Waals surface area contributed by atoms with Crippen molar-refractivity contribution in [3.8, 4) is 0 Å². The molecule has 3 amide bonds. The fourth-order valence-electron chi connectivity index (χ4n) is 5.52.